The largest absolute Gasteiger partial charge is 0.445 e. The maximum atomic E-state index is 13.5. The molecule has 0 spiro atoms. The number of aryl methyl sites for hydroxylation is 2. The highest BCUT2D eigenvalue weighted by Crippen LogP contribution is 2.33. The number of alkyl carbamates (subject to hydrolysis) is 1. The molecular formula is C32H28N2O6. The molecule has 8 heteroatoms. The second-order valence-corrected chi connectivity index (χ2v) is 10.0. The van der Waals surface area contributed by atoms with Crippen molar-refractivity contribution >= 4 is 33.9 Å². The third-order valence-electron chi connectivity index (χ3n) is 7.44. The maximum absolute atomic E-state index is 13.5. The summed E-state index contributed by atoms with van der Waals surface area (Å²) < 4.78 is 16.9. The topological polar surface area (TPSA) is 111 Å². The van der Waals surface area contributed by atoms with Crippen LogP contribution in [-0.4, -0.2) is 23.1 Å². The van der Waals surface area contributed by atoms with E-state index in [0.29, 0.717) is 17.6 Å². The lowest BCUT2D eigenvalue weighted by Crippen LogP contribution is -2.44. The Morgan fingerprint density at radius 3 is 2.60 bits per heavy atom. The summed E-state index contributed by atoms with van der Waals surface area (Å²) in [6, 6.07) is 19.5. The fourth-order valence-corrected chi connectivity index (χ4v) is 5.37. The first kappa shape index (κ1) is 25.4. The highest BCUT2D eigenvalue weighted by atomic mass is 16.6. The number of aromatic amines is 1. The molecule has 2 N–H and O–H groups in total. The number of ether oxygens (including phenoxy) is 2. The van der Waals surface area contributed by atoms with E-state index in [-0.39, 0.29) is 24.4 Å². The molecule has 1 unspecified atom stereocenters. The Kier molecular flexibility index (Phi) is 6.82. The Balaban J connectivity index is 1.26. The van der Waals surface area contributed by atoms with Gasteiger partial charge in [-0.15, -0.1) is 0 Å². The lowest BCUT2D eigenvalue weighted by atomic mass is 10.0. The Bertz CT molecular complexity index is 1790. The molecule has 5 aromatic rings. The molecular weight excluding hydrogens is 508 g/mol. The molecule has 1 atom stereocenters. The van der Waals surface area contributed by atoms with Gasteiger partial charge in [0.05, 0.1) is 0 Å². The first-order valence-corrected chi connectivity index (χ1v) is 13.3. The lowest BCUT2D eigenvalue weighted by Gasteiger charge is -2.18. The predicted octanol–water partition coefficient (Wildman–Crippen LogP) is 5.51. The summed E-state index contributed by atoms with van der Waals surface area (Å²) in [5.74, 6) is -0.394. The number of hydrogen-bond donors (Lipinski definition) is 2. The van der Waals surface area contributed by atoms with Gasteiger partial charge in [-0.2, -0.15) is 0 Å². The minimum atomic E-state index is -1.04. The molecule has 1 aliphatic carbocycles. The zero-order chi connectivity index (χ0) is 27.6. The van der Waals surface area contributed by atoms with E-state index >= 15 is 0 Å². The highest BCUT2D eigenvalue weighted by molar-refractivity contribution is 5.89. The van der Waals surface area contributed by atoms with Crippen molar-refractivity contribution in [2.45, 2.75) is 45.3 Å². The van der Waals surface area contributed by atoms with E-state index in [0.717, 1.165) is 51.4 Å². The van der Waals surface area contributed by atoms with Crippen molar-refractivity contribution in [1.29, 1.82) is 0 Å². The van der Waals surface area contributed by atoms with Crippen LogP contribution in [0.4, 0.5) is 4.79 Å². The minimum Gasteiger partial charge on any atom is -0.445 e. The average Bonchev–Trinajstić information content (AvgIpc) is 3.62. The third-order valence-corrected chi connectivity index (χ3v) is 7.44. The first-order valence-electron chi connectivity index (χ1n) is 13.3. The van der Waals surface area contributed by atoms with Gasteiger partial charge in [-0.25, -0.2) is 14.4 Å². The van der Waals surface area contributed by atoms with Crippen LogP contribution in [0, 0.1) is 6.92 Å². The number of esters is 1. The Hall–Kier alpha value is -4.85. The Labute approximate surface area is 229 Å². The molecule has 0 bridgehead atoms. The number of aromatic nitrogens is 1. The van der Waals surface area contributed by atoms with Crippen molar-refractivity contribution in [1.82, 2.24) is 10.3 Å². The molecule has 2 heterocycles. The van der Waals surface area contributed by atoms with Gasteiger partial charge in [-0.3, -0.25) is 0 Å². The van der Waals surface area contributed by atoms with E-state index in [2.05, 4.69) is 10.3 Å². The third kappa shape index (κ3) is 4.96. The number of nitrogens with one attached hydrogen (secondary N) is 2. The smallest absolute Gasteiger partial charge is 0.408 e. The van der Waals surface area contributed by atoms with E-state index in [1.54, 1.807) is 13.0 Å². The molecule has 1 aliphatic rings. The zero-order valence-electron chi connectivity index (χ0n) is 22.0. The van der Waals surface area contributed by atoms with Crippen LogP contribution in [0.1, 0.15) is 34.2 Å². The summed E-state index contributed by atoms with van der Waals surface area (Å²) in [6.45, 7) is 1.82. The van der Waals surface area contributed by atoms with Crippen LogP contribution in [0.5, 0.6) is 5.75 Å². The van der Waals surface area contributed by atoms with Crippen molar-refractivity contribution in [2.75, 3.05) is 0 Å². The number of fused-ring (bicyclic) bond motifs is 4. The molecule has 40 heavy (non-hydrogen) atoms. The zero-order valence-corrected chi connectivity index (χ0v) is 22.0. The lowest BCUT2D eigenvalue weighted by molar-refractivity contribution is -0.136. The van der Waals surface area contributed by atoms with Gasteiger partial charge in [0.25, 0.3) is 0 Å². The summed E-state index contributed by atoms with van der Waals surface area (Å²) in [7, 11) is 0. The van der Waals surface area contributed by atoms with Gasteiger partial charge in [0.2, 0.25) is 0 Å². The number of hydrogen-bond acceptors (Lipinski definition) is 6. The predicted molar refractivity (Wildman–Crippen MR) is 150 cm³/mol. The van der Waals surface area contributed by atoms with Gasteiger partial charge in [0.1, 0.15) is 24.0 Å². The van der Waals surface area contributed by atoms with Crippen LogP contribution < -0.4 is 15.7 Å². The van der Waals surface area contributed by atoms with Crippen LogP contribution in [-0.2, 0) is 35.4 Å². The van der Waals surface area contributed by atoms with Crippen LogP contribution in [0.25, 0.3) is 21.9 Å². The number of para-hydroxylation sites is 1. The van der Waals surface area contributed by atoms with Gasteiger partial charge in [0, 0.05) is 40.0 Å². The van der Waals surface area contributed by atoms with E-state index in [4.69, 9.17) is 13.9 Å². The monoisotopic (exact) mass is 536 g/mol. The Morgan fingerprint density at radius 1 is 0.975 bits per heavy atom. The van der Waals surface area contributed by atoms with Crippen LogP contribution >= 0.6 is 0 Å². The molecule has 2 aromatic heterocycles. The molecule has 1 amide bonds. The summed E-state index contributed by atoms with van der Waals surface area (Å²) >= 11 is 0. The number of benzene rings is 3. The summed E-state index contributed by atoms with van der Waals surface area (Å²) in [5.41, 5.74) is 4.96. The SMILES string of the molecule is Cc1c(OC(=O)C(Cc2c[nH]c3ccccc23)NC(=O)OCc2ccccc2)ccc2c3c(c(=O)oc12)CCC3. The molecule has 0 radical (unpaired) electrons. The van der Waals surface area contributed by atoms with E-state index in [9.17, 15) is 14.4 Å². The van der Waals surface area contributed by atoms with Gasteiger partial charge >= 0.3 is 17.7 Å². The standard InChI is InChI=1S/C32H28N2O6/c1-19-28(15-14-24-23-11-7-12-25(23)30(35)40-29(19)24)39-31(36)27(16-21-17-33-26-13-6-5-10-22(21)26)34-32(37)38-18-20-8-3-2-4-9-20/h2-6,8-10,13-15,17,27,33H,7,11-12,16,18H2,1H3,(H,34,37). The summed E-state index contributed by atoms with van der Waals surface area (Å²) in [6.07, 6.45) is 3.71. The van der Waals surface area contributed by atoms with Crippen LogP contribution in [0.3, 0.4) is 0 Å². The molecule has 0 saturated carbocycles. The molecule has 202 valence electrons. The number of rotatable bonds is 7. The quantitative estimate of drug-likeness (QED) is 0.161. The number of H-pyrrole nitrogens is 1. The van der Waals surface area contributed by atoms with Crippen molar-refractivity contribution in [3.8, 4) is 5.75 Å². The van der Waals surface area contributed by atoms with Crippen molar-refractivity contribution in [3.63, 3.8) is 0 Å². The molecule has 0 fully saturated rings. The van der Waals surface area contributed by atoms with Gasteiger partial charge in [0.15, 0.2) is 0 Å². The van der Waals surface area contributed by atoms with Gasteiger partial charge in [-0.05, 0) is 61.1 Å². The molecule has 6 rings (SSSR count). The molecule has 0 aliphatic heterocycles. The fraction of sp³-hybridized carbons (Fsp3) is 0.219. The fourth-order valence-electron chi connectivity index (χ4n) is 5.37. The van der Waals surface area contributed by atoms with Crippen molar-refractivity contribution in [2.24, 2.45) is 0 Å². The van der Waals surface area contributed by atoms with E-state index in [1.807, 2.05) is 66.9 Å². The van der Waals surface area contributed by atoms with Crippen LogP contribution in [0.15, 0.2) is 82.1 Å². The van der Waals surface area contributed by atoms with E-state index < -0.39 is 18.1 Å². The van der Waals surface area contributed by atoms with Gasteiger partial charge < -0.3 is 24.2 Å². The molecule has 0 saturated heterocycles. The van der Waals surface area contributed by atoms with Crippen LogP contribution in [0.2, 0.25) is 0 Å². The van der Waals surface area contributed by atoms with Crippen molar-refractivity contribution in [3.05, 3.63) is 111 Å². The van der Waals surface area contributed by atoms with Crippen molar-refractivity contribution < 1.29 is 23.5 Å². The normalized spacial score (nSPS) is 13.2. The number of amides is 1. The summed E-state index contributed by atoms with van der Waals surface area (Å²) in [5, 5.41) is 4.49. The van der Waals surface area contributed by atoms with E-state index in [1.165, 1.54) is 0 Å². The second-order valence-electron chi connectivity index (χ2n) is 10.0. The first-order chi connectivity index (χ1) is 19.5. The Morgan fingerprint density at radius 2 is 1.75 bits per heavy atom. The molecule has 3 aromatic carbocycles. The summed E-state index contributed by atoms with van der Waals surface area (Å²) in [4.78, 5) is 42.0. The van der Waals surface area contributed by atoms with Gasteiger partial charge in [-0.1, -0.05) is 48.5 Å². The highest BCUT2D eigenvalue weighted by Gasteiger charge is 2.27. The minimum absolute atomic E-state index is 0.0642. The molecule has 8 nitrogen and oxygen atoms in total. The maximum Gasteiger partial charge on any atom is 0.408 e. The average molecular weight is 537 g/mol. The number of carbonyl (C=O) groups excluding carboxylic acids is 2. The number of carbonyl (C=O) groups is 2. The second kappa shape index (κ2) is 10.7.